The lowest BCUT2D eigenvalue weighted by molar-refractivity contribution is -1.04. The molecular weight excluding hydrogens is 324 g/mol. The second-order valence-electron chi connectivity index (χ2n) is 9.67. The molecule has 5 heterocycles. The van der Waals surface area contributed by atoms with E-state index in [9.17, 15) is 10.2 Å². The van der Waals surface area contributed by atoms with Gasteiger partial charge in [-0.25, -0.2) is 0 Å². The number of para-hydroxylation sites is 1. The Balaban J connectivity index is 1.63. The minimum atomic E-state index is -0.272. The van der Waals surface area contributed by atoms with E-state index >= 15 is 0 Å². The van der Waals surface area contributed by atoms with E-state index in [4.69, 9.17) is 0 Å². The van der Waals surface area contributed by atoms with Crippen LogP contribution in [0, 0.1) is 17.8 Å². The maximum Gasteiger partial charge on any atom is 0.194 e. The normalized spacial score (nSPS) is 55.3. The standard InChI is InChI=1S/C22H31N2O2/c1-4-12-13-10-16-19-22(14-8-6-7-9-15(14)23(19)3)11-17(18(13)20(22)25)24(16,5-2)21(12)26/h6-9,12-13,16-21,25-26H,4-5,10-11H2,1-3H3/q+1/t12-,13-,16-,17-,18+,19-,20-,21+,22-,24+/m0/s1. The van der Waals surface area contributed by atoms with Gasteiger partial charge in [-0.05, 0) is 30.9 Å². The maximum atomic E-state index is 11.8. The van der Waals surface area contributed by atoms with Crippen molar-refractivity contribution in [3.8, 4) is 0 Å². The predicted octanol–water partition coefficient (Wildman–Crippen LogP) is 2.09. The number of benzene rings is 1. The first-order valence-corrected chi connectivity index (χ1v) is 10.6. The van der Waals surface area contributed by atoms with Gasteiger partial charge in [-0.3, -0.25) is 4.48 Å². The van der Waals surface area contributed by atoms with Crippen LogP contribution in [0.3, 0.4) is 0 Å². The Bertz CT molecular complexity index is 783. The molecule has 1 aromatic carbocycles. The molecular formula is C22H31N2O2+. The smallest absolute Gasteiger partial charge is 0.194 e. The van der Waals surface area contributed by atoms with Crippen molar-refractivity contribution in [3.63, 3.8) is 0 Å². The Morgan fingerprint density at radius 1 is 1.19 bits per heavy atom. The van der Waals surface area contributed by atoms with Gasteiger partial charge in [0.25, 0.3) is 0 Å². The van der Waals surface area contributed by atoms with Crippen LogP contribution in [-0.2, 0) is 5.41 Å². The van der Waals surface area contributed by atoms with Crippen LogP contribution in [0.25, 0.3) is 0 Å². The van der Waals surface area contributed by atoms with Crippen molar-refractivity contribution < 1.29 is 14.7 Å². The van der Waals surface area contributed by atoms with Crippen LogP contribution < -0.4 is 4.90 Å². The van der Waals surface area contributed by atoms with E-state index in [0.717, 1.165) is 23.9 Å². The lowest BCUT2D eigenvalue weighted by Gasteiger charge is -2.67. The van der Waals surface area contributed by atoms with E-state index in [0.29, 0.717) is 35.9 Å². The average molecular weight is 356 g/mol. The number of rotatable bonds is 2. The molecule has 1 aromatic rings. The summed E-state index contributed by atoms with van der Waals surface area (Å²) in [6.07, 6.45) is 2.71. The van der Waals surface area contributed by atoms with Crippen LogP contribution in [0.5, 0.6) is 0 Å². The Kier molecular flexibility index (Phi) is 2.85. The second-order valence-corrected chi connectivity index (χ2v) is 9.67. The van der Waals surface area contributed by atoms with Crippen LogP contribution in [0.2, 0.25) is 0 Å². The van der Waals surface area contributed by atoms with Gasteiger partial charge in [-0.15, -0.1) is 0 Å². The summed E-state index contributed by atoms with van der Waals surface area (Å²) >= 11 is 0. The number of hydrogen-bond donors (Lipinski definition) is 2. The van der Waals surface area contributed by atoms with E-state index in [1.54, 1.807) is 0 Å². The summed E-state index contributed by atoms with van der Waals surface area (Å²) in [6, 6.07) is 9.93. The van der Waals surface area contributed by atoms with Gasteiger partial charge < -0.3 is 15.1 Å². The number of aliphatic hydroxyl groups is 2. The van der Waals surface area contributed by atoms with Crippen molar-refractivity contribution in [2.45, 2.75) is 69.0 Å². The van der Waals surface area contributed by atoms with Gasteiger partial charge in [0.1, 0.15) is 6.04 Å². The molecule has 0 radical (unpaired) electrons. The molecule has 1 saturated carbocycles. The molecule has 4 saturated heterocycles. The highest BCUT2D eigenvalue weighted by molar-refractivity contribution is 5.66. The predicted molar refractivity (Wildman–Crippen MR) is 101 cm³/mol. The summed E-state index contributed by atoms with van der Waals surface area (Å²) in [6.45, 7) is 5.48. The number of fused-ring (bicyclic) bond motifs is 2. The molecule has 5 aliphatic heterocycles. The van der Waals surface area contributed by atoms with Crippen molar-refractivity contribution in [2.75, 3.05) is 18.5 Å². The van der Waals surface area contributed by atoms with Crippen LogP contribution in [0.1, 0.15) is 38.7 Å². The summed E-state index contributed by atoms with van der Waals surface area (Å²) < 4.78 is 0.849. The highest BCUT2D eigenvalue weighted by atomic mass is 16.3. The number of piperidine rings is 4. The molecule has 4 heteroatoms. The third kappa shape index (κ3) is 1.30. The summed E-state index contributed by atoms with van der Waals surface area (Å²) in [4.78, 5) is 2.46. The molecule has 5 fully saturated rings. The molecule has 2 N–H and O–H groups in total. The highest BCUT2D eigenvalue weighted by Gasteiger charge is 2.82. The van der Waals surface area contributed by atoms with Gasteiger partial charge in [-0.2, -0.15) is 0 Å². The summed E-state index contributed by atoms with van der Waals surface area (Å²) in [5.74, 6) is 1.18. The van der Waals surface area contributed by atoms with E-state index < -0.39 is 0 Å². The topological polar surface area (TPSA) is 43.7 Å². The molecule has 0 unspecified atom stereocenters. The number of quaternary nitrogens is 1. The Morgan fingerprint density at radius 2 is 1.96 bits per heavy atom. The quantitative estimate of drug-likeness (QED) is 0.799. The van der Waals surface area contributed by atoms with E-state index in [1.165, 1.54) is 17.7 Å². The van der Waals surface area contributed by atoms with Crippen LogP contribution in [-0.4, -0.2) is 58.7 Å². The molecule has 7 rings (SSSR count). The number of aliphatic hydroxyl groups excluding tert-OH is 2. The van der Waals surface area contributed by atoms with Crippen LogP contribution in [0.4, 0.5) is 5.69 Å². The third-order valence-electron chi connectivity index (χ3n) is 9.67. The van der Waals surface area contributed by atoms with Gasteiger partial charge in [0.2, 0.25) is 0 Å². The number of nitrogens with zero attached hydrogens (tertiary/aromatic N) is 2. The van der Waals surface area contributed by atoms with Gasteiger partial charge in [0.15, 0.2) is 6.23 Å². The Hall–Kier alpha value is -1.10. The minimum Gasteiger partial charge on any atom is -0.392 e. The monoisotopic (exact) mass is 355 g/mol. The van der Waals surface area contributed by atoms with Gasteiger partial charge in [0.05, 0.1) is 30.1 Å². The van der Waals surface area contributed by atoms with Crippen molar-refractivity contribution in [1.29, 1.82) is 0 Å². The zero-order valence-corrected chi connectivity index (χ0v) is 16.0. The van der Waals surface area contributed by atoms with E-state index in [-0.39, 0.29) is 17.7 Å². The number of anilines is 1. The van der Waals surface area contributed by atoms with Crippen molar-refractivity contribution >= 4 is 5.69 Å². The number of likely N-dealkylation sites (N-methyl/N-ethyl adjacent to an activating group) is 2. The number of hydrogen-bond acceptors (Lipinski definition) is 3. The first-order chi connectivity index (χ1) is 12.5. The first kappa shape index (κ1) is 15.9. The fourth-order valence-corrected chi connectivity index (χ4v) is 9.03. The summed E-state index contributed by atoms with van der Waals surface area (Å²) in [5.41, 5.74) is 2.55. The molecule has 5 bridgehead atoms. The fourth-order valence-electron chi connectivity index (χ4n) is 9.03. The SMILES string of the molecule is CC[C@H]1[C@@H]2C[C@H]3[C@@H]4N(C)c5ccccc5[C@@]45C[C@@H]([C@@H]2[C@@H]5O)[N@+]3(CC)[C@@H]1O. The minimum absolute atomic E-state index is 0.126. The van der Waals surface area contributed by atoms with Crippen molar-refractivity contribution in [2.24, 2.45) is 17.8 Å². The van der Waals surface area contributed by atoms with E-state index in [2.05, 4.69) is 50.1 Å². The highest BCUT2D eigenvalue weighted by Crippen LogP contribution is 2.71. The molecule has 0 amide bonds. The zero-order valence-electron chi connectivity index (χ0n) is 16.0. The van der Waals surface area contributed by atoms with Gasteiger partial charge in [-0.1, -0.05) is 25.1 Å². The zero-order chi connectivity index (χ0) is 18.0. The third-order valence-corrected chi connectivity index (χ3v) is 9.67. The summed E-state index contributed by atoms with van der Waals surface area (Å²) in [5, 5.41) is 23.4. The molecule has 6 aliphatic rings. The van der Waals surface area contributed by atoms with E-state index in [1.807, 2.05) is 0 Å². The first-order valence-electron chi connectivity index (χ1n) is 10.6. The second kappa shape index (κ2) is 4.65. The van der Waals surface area contributed by atoms with Crippen molar-refractivity contribution in [1.82, 2.24) is 0 Å². The molecule has 10 atom stereocenters. The lowest BCUT2D eigenvalue weighted by Crippen LogP contribution is -2.82. The Morgan fingerprint density at radius 3 is 2.69 bits per heavy atom. The summed E-state index contributed by atoms with van der Waals surface area (Å²) in [7, 11) is 2.22. The molecule has 26 heavy (non-hydrogen) atoms. The van der Waals surface area contributed by atoms with Gasteiger partial charge >= 0.3 is 0 Å². The maximum absolute atomic E-state index is 11.8. The largest absolute Gasteiger partial charge is 0.392 e. The molecule has 0 aromatic heterocycles. The van der Waals surface area contributed by atoms with Crippen LogP contribution >= 0.6 is 0 Å². The van der Waals surface area contributed by atoms with Gasteiger partial charge in [0, 0.05) is 37.4 Å². The average Bonchev–Trinajstić information content (AvgIpc) is 3.04. The lowest BCUT2D eigenvalue weighted by atomic mass is 9.60. The molecule has 1 spiro atoms. The van der Waals surface area contributed by atoms with Crippen molar-refractivity contribution in [3.05, 3.63) is 29.8 Å². The molecule has 140 valence electrons. The fraction of sp³-hybridized carbons (Fsp3) is 0.727. The van der Waals surface area contributed by atoms with Crippen LogP contribution in [0.15, 0.2) is 24.3 Å². The molecule has 1 aliphatic carbocycles. The Labute approximate surface area is 156 Å². The molecule has 4 nitrogen and oxygen atoms in total.